The first-order valence-corrected chi connectivity index (χ1v) is 9.79. The minimum Gasteiger partial charge on any atom is -0.477 e. The molecule has 1 amide bonds. The number of thiophene rings is 1. The molecular weight excluding hydrogens is 362 g/mol. The fourth-order valence-electron chi connectivity index (χ4n) is 2.85. The van der Waals surface area contributed by atoms with Gasteiger partial charge in [0.1, 0.15) is 4.88 Å². The topological polar surface area (TPSA) is 77.8 Å². The molecule has 0 radical (unpaired) electrons. The van der Waals surface area contributed by atoms with Crippen molar-refractivity contribution in [3.8, 4) is 11.8 Å². The summed E-state index contributed by atoms with van der Waals surface area (Å²) >= 11 is 1.20. The zero-order chi connectivity index (χ0) is 19.8. The van der Waals surface area contributed by atoms with Gasteiger partial charge in [-0.05, 0) is 37.5 Å². The van der Waals surface area contributed by atoms with Crippen molar-refractivity contribution in [2.45, 2.75) is 45.3 Å². The van der Waals surface area contributed by atoms with Gasteiger partial charge in [0, 0.05) is 24.3 Å². The molecule has 2 heterocycles. The molecule has 1 aromatic rings. The number of rotatable bonds is 8. The molecule has 0 bridgehead atoms. The molecule has 0 aromatic carbocycles. The Bertz CT molecular complexity index is 784. The van der Waals surface area contributed by atoms with Gasteiger partial charge in [-0.1, -0.05) is 25.2 Å². The van der Waals surface area contributed by atoms with Crippen LogP contribution in [0.5, 0.6) is 0 Å². The quantitative estimate of drug-likeness (QED) is 0.529. The Morgan fingerprint density at radius 3 is 2.93 bits per heavy atom. The Balaban J connectivity index is 1.94. The van der Waals surface area contributed by atoms with Gasteiger partial charge in [-0.2, -0.15) is 0 Å². The summed E-state index contributed by atoms with van der Waals surface area (Å²) in [4.78, 5) is 26.0. The van der Waals surface area contributed by atoms with E-state index in [1.54, 1.807) is 30.0 Å². The molecule has 1 fully saturated rings. The maximum atomic E-state index is 12.1. The number of likely N-dealkylation sites (tertiary alicyclic amines) is 1. The van der Waals surface area contributed by atoms with E-state index in [1.165, 1.54) is 11.3 Å². The lowest BCUT2D eigenvalue weighted by molar-refractivity contribution is -0.127. The Morgan fingerprint density at radius 2 is 2.26 bits per heavy atom. The van der Waals surface area contributed by atoms with E-state index < -0.39 is 12.1 Å². The van der Waals surface area contributed by atoms with E-state index in [0.29, 0.717) is 24.3 Å². The Kier molecular flexibility index (Phi) is 7.83. The van der Waals surface area contributed by atoms with Crippen LogP contribution in [0.1, 0.15) is 47.7 Å². The molecule has 1 saturated heterocycles. The van der Waals surface area contributed by atoms with E-state index in [0.717, 1.165) is 11.3 Å². The number of carbonyl (C=O) groups is 2. The zero-order valence-electron chi connectivity index (χ0n) is 15.6. The standard InChI is InChI=1S/C21H25NO4S/c1-3-4-6-15(2)18(23)11-8-16-9-13-20(24)22(16)14-5-7-17-10-12-19(27-17)21(25)26/h5,7-8,10-12,15-16,18,23H,6,9,13-14H2,1-2H3,(H,25,26)/t15-,16-,18+/m0/s1. The second kappa shape index (κ2) is 10.1. The van der Waals surface area contributed by atoms with Crippen molar-refractivity contribution in [2.24, 2.45) is 5.92 Å². The van der Waals surface area contributed by atoms with Crippen LogP contribution in [0.15, 0.2) is 30.4 Å². The first-order valence-electron chi connectivity index (χ1n) is 8.97. The molecule has 5 nitrogen and oxygen atoms in total. The number of carboxylic acids is 1. The van der Waals surface area contributed by atoms with Gasteiger partial charge in [0.15, 0.2) is 0 Å². The van der Waals surface area contributed by atoms with Crippen molar-refractivity contribution in [2.75, 3.05) is 6.54 Å². The van der Waals surface area contributed by atoms with E-state index in [4.69, 9.17) is 5.11 Å². The lowest BCUT2D eigenvalue weighted by atomic mass is 10.00. The van der Waals surface area contributed by atoms with Crippen LogP contribution in [0.3, 0.4) is 0 Å². The summed E-state index contributed by atoms with van der Waals surface area (Å²) in [5.41, 5.74) is 0. The van der Waals surface area contributed by atoms with Gasteiger partial charge in [-0.25, -0.2) is 4.79 Å². The third-order valence-corrected chi connectivity index (χ3v) is 5.55. The Labute approximate surface area is 164 Å². The van der Waals surface area contributed by atoms with Crippen LogP contribution in [0.2, 0.25) is 0 Å². The Hall–Kier alpha value is -2.36. The summed E-state index contributed by atoms with van der Waals surface area (Å²) < 4.78 is 0. The van der Waals surface area contributed by atoms with Crippen molar-refractivity contribution < 1.29 is 19.8 Å². The number of amides is 1. The van der Waals surface area contributed by atoms with Gasteiger partial charge < -0.3 is 15.1 Å². The average molecular weight is 388 g/mol. The molecule has 0 spiro atoms. The van der Waals surface area contributed by atoms with Crippen molar-refractivity contribution in [1.29, 1.82) is 0 Å². The maximum Gasteiger partial charge on any atom is 0.345 e. The third-order valence-electron chi connectivity index (χ3n) is 4.51. The second-order valence-corrected chi connectivity index (χ2v) is 7.66. The van der Waals surface area contributed by atoms with Gasteiger partial charge in [0.2, 0.25) is 5.91 Å². The summed E-state index contributed by atoms with van der Waals surface area (Å²) in [5, 5.41) is 19.2. The van der Waals surface area contributed by atoms with Crippen molar-refractivity contribution in [3.63, 3.8) is 0 Å². The highest BCUT2D eigenvalue weighted by Crippen LogP contribution is 2.22. The number of aromatic carboxylic acids is 1. The van der Waals surface area contributed by atoms with Crippen LogP contribution in [0.25, 0.3) is 6.08 Å². The number of hydrogen-bond donors (Lipinski definition) is 2. The molecule has 2 N–H and O–H groups in total. The van der Waals surface area contributed by atoms with Gasteiger partial charge in [-0.15, -0.1) is 23.2 Å². The largest absolute Gasteiger partial charge is 0.477 e. The molecule has 0 unspecified atom stereocenters. The van der Waals surface area contributed by atoms with E-state index in [9.17, 15) is 14.7 Å². The van der Waals surface area contributed by atoms with Gasteiger partial charge in [0.25, 0.3) is 0 Å². The normalized spacial score (nSPS) is 19.4. The van der Waals surface area contributed by atoms with Crippen molar-refractivity contribution in [3.05, 3.63) is 40.1 Å². The molecule has 3 atom stereocenters. The molecule has 27 heavy (non-hydrogen) atoms. The summed E-state index contributed by atoms with van der Waals surface area (Å²) in [5.74, 6) is 5.00. The average Bonchev–Trinajstić information content (AvgIpc) is 3.25. The van der Waals surface area contributed by atoms with Crippen LogP contribution < -0.4 is 0 Å². The first kappa shape index (κ1) is 20.9. The number of carbonyl (C=O) groups excluding carboxylic acids is 1. The SMILES string of the molecule is CC#CC[C@H](C)[C@H](O)C=C[C@H]1CCC(=O)N1CC=Cc1ccc(C(=O)O)s1. The van der Waals surface area contributed by atoms with Crippen LogP contribution in [-0.4, -0.2) is 45.7 Å². The van der Waals surface area contributed by atoms with Gasteiger partial charge in [0.05, 0.1) is 12.1 Å². The monoisotopic (exact) mass is 387 g/mol. The highest BCUT2D eigenvalue weighted by molar-refractivity contribution is 7.14. The minimum atomic E-state index is -0.933. The van der Waals surface area contributed by atoms with Crippen LogP contribution in [-0.2, 0) is 4.79 Å². The van der Waals surface area contributed by atoms with Crippen LogP contribution in [0, 0.1) is 17.8 Å². The highest BCUT2D eigenvalue weighted by Gasteiger charge is 2.28. The molecule has 1 aromatic heterocycles. The fourth-order valence-corrected chi connectivity index (χ4v) is 3.63. The van der Waals surface area contributed by atoms with E-state index in [1.807, 2.05) is 25.2 Å². The number of aliphatic hydroxyl groups excluding tert-OH is 1. The molecule has 144 valence electrons. The molecule has 0 aliphatic carbocycles. The Morgan fingerprint density at radius 1 is 1.48 bits per heavy atom. The van der Waals surface area contributed by atoms with E-state index in [2.05, 4.69) is 11.8 Å². The number of hydrogen-bond acceptors (Lipinski definition) is 4. The first-order chi connectivity index (χ1) is 12.9. The smallest absolute Gasteiger partial charge is 0.345 e. The molecule has 1 aliphatic heterocycles. The molecule has 0 saturated carbocycles. The highest BCUT2D eigenvalue weighted by atomic mass is 32.1. The summed E-state index contributed by atoms with van der Waals surface area (Å²) in [6.45, 7) is 4.19. The van der Waals surface area contributed by atoms with E-state index >= 15 is 0 Å². The molecule has 1 aliphatic rings. The summed E-state index contributed by atoms with van der Waals surface area (Å²) in [7, 11) is 0. The fraction of sp³-hybridized carbons (Fsp3) is 0.429. The lowest BCUT2D eigenvalue weighted by Gasteiger charge is -2.21. The zero-order valence-corrected chi connectivity index (χ0v) is 16.4. The predicted molar refractivity (Wildman–Crippen MR) is 107 cm³/mol. The number of nitrogens with zero attached hydrogens (tertiary/aromatic N) is 1. The third kappa shape index (κ3) is 6.09. The van der Waals surface area contributed by atoms with Crippen molar-refractivity contribution in [1.82, 2.24) is 4.90 Å². The molecular formula is C21H25NO4S. The summed E-state index contributed by atoms with van der Waals surface area (Å²) in [6.07, 6.45) is 8.67. The second-order valence-electron chi connectivity index (χ2n) is 6.55. The summed E-state index contributed by atoms with van der Waals surface area (Å²) in [6, 6.07) is 3.30. The molecule has 6 heteroatoms. The van der Waals surface area contributed by atoms with Gasteiger partial charge >= 0.3 is 5.97 Å². The van der Waals surface area contributed by atoms with Gasteiger partial charge in [-0.3, -0.25) is 4.79 Å². The van der Waals surface area contributed by atoms with Crippen molar-refractivity contribution >= 4 is 29.3 Å². The van der Waals surface area contributed by atoms with Crippen LogP contribution >= 0.6 is 11.3 Å². The predicted octanol–water partition coefficient (Wildman–Crippen LogP) is 3.42. The molecule has 2 rings (SSSR count). The lowest BCUT2D eigenvalue weighted by Crippen LogP contribution is -2.32. The number of carboxylic acid groups (broad SMARTS) is 1. The van der Waals surface area contributed by atoms with E-state index in [-0.39, 0.29) is 17.9 Å². The number of aliphatic hydroxyl groups is 1. The van der Waals surface area contributed by atoms with Crippen LogP contribution in [0.4, 0.5) is 0 Å². The minimum absolute atomic E-state index is 0.0285. The maximum absolute atomic E-state index is 12.1.